The molecule has 2 heterocycles. The number of ether oxygens (including phenoxy) is 1. The van der Waals surface area contributed by atoms with Crippen molar-refractivity contribution in [3.63, 3.8) is 0 Å². The molecule has 2 aliphatic rings. The Kier molecular flexibility index (Phi) is 4.17. The third-order valence-electron chi connectivity index (χ3n) is 5.17. The topological polar surface area (TPSA) is 41.6 Å². The van der Waals surface area contributed by atoms with Gasteiger partial charge in [-0.15, -0.1) is 0 Å². The summed E-state index contributed by atoms with van der Waals surface area (Å²) in [6.45, 7) is 2.80. The third-order valence-corrected chi connectivity index (χ3v) is 5.17. The zero-order valence-corrected chi connectivity index (χ0v) is 14.2. The molecule has 1 fully saturated rings. The first-order valence-corrected chi connectivity index (χ1v) is 8.58. The van der Waals surface area contributed by atoms with Gasteiger partial charge in [-0.05, 0) is 36.7 Å². The Morgan fingerprint density at radius 3 is 2.92 bits per heavy atom. The Hall–Kier alpha value is -2.40. The molecule has 130 valence electrons. The van der Waals surface area contributed by atoms with Crippen LogP contribution in [-0.2, 0) is 6.61 Å². The lowest BCUT2D eigenvalue weighted by Crippen LogP contribution is -2.29. The molecule has 0 aromatic heterocycles. The van der Waals surface area contributed by atoms with E-state index in [0.29, 0.717) is 35.3 Å². The molecule has 2 aromatic carbocycles. The van der Waals surface area contributed by atoms with Crippen LogP contribution in [0.3, 0.4) is 0 Å². The van der Waals surface area contributed by atoms with Crippen molar-refractivity contribution in [2.45, 2.75) is 12.5 Å². The van der Waals surface area contributed by atoms with E-state index in [1.807, 2.05) is 12.1 Å². The van der Waals surface area contributed by atoms with Gasteiger partial charge in [0, 0.05) is 36.7 Å². The number of halogens is 1. The van der Waals surface area contributed by atoms with Crippen LogP contribution in [0, 0.1) is 11.7 Å². The second-order valence-corrected chi connectivity index (χ2v) is 6.93. The Morgan fingerprint density at radius 1 is 1.24 bits per heavy atom. The highest BCUT2D eigenvalue weighted by molar-refractivity contribution is 5.96. The van der Waals surface area contributed by atoms with Gasteiger partial charge in [0.2, 0.25) is 0 Å². The lowest BCUT2D eigenvalue weighted by Gasteiger charge is -2.17. The van der Waals surface area contributed by atoms with E-state index in [2.05, 4.69) is 17.3 Å². The maximum Gasteiger partial charge on any atom is 0.251 e. The number of fused-ring (bicyclic) bond motifs is 3. The summed E-state index contributed by atoms with van der Waals surface area (Å²) in [6.07, 6.45) is 0. The predicted molar refractivity (Wildman–Crippen MR) is 93.2 cm³/mol. The van der Waals surface area contributed by atoms with Crippen molar-refractivity contribution in [3.05, 3.63) is 65.0 Å². The number of amides is 1. The second-order valence-electron chi connectivity index (χ2n) is 6.93. The van der Waals surface area contributed by atoms with Gasteiger partial charge in [-0.3, -0.25) is 4.79 Å². The number of likely N-dealkylation sites (N-methyl/N-ethyl adjacent to an activating group) is 1. The summed E-state index contributed by atoms with van der Waals surface area (Å²) in [7, 11) is 2.11. The van der Waals surface area contributed by atoms with Crippen molar-refractivity contribution in [2.24, 2.45) is 5.92 Å². The van der Waals surface area contributed by atoms with Gasteiger partial charge in [-0.25, -0.2) is 4.39 Å². The molecule has 2 atom stereocenters. The third kappa shape index (κ3) is 3.12. The molecule has 4 nitrogen and oxygen atoms in total. The minimum absolute atomic E-state index is 0.0524. The molecular formula is C20H21FN2O2. The van der Waals surface area contributed by atoms with Crippen LogP contribution >= 0.6 is 0 Å². The Morgan fingerprint density at radius 2 is 2.08 bits per heavy atom. The molecule has 0 saturated carbocycles. The number of hydrogen-bond acceptors (Lipinski definition) is 3. The fourth-order valence-corrected chi connectivity index (χ4v) is 3.89. The normalized spacial score (nSPS) is 22.7. The highest BCUT2D eigenvalue weighted by Gasteiger charge is 2.36. The second kappa shape index (κ2) is 6.48. The van der Waals surface area contributed by atoms with Crippen molar-refractivity contribution < 1.29 is 13.9 Å². The smallest absolute Gasteiger partial charge is 0.251 e. The van der Waals surface area contributed by atoms with E-state index in [0.717, 1.165) is 18.7 Å². The van der Waals surface area contributed by atoms with Gasteiger partial charge in [0.25, 0.3) is 5.91 Å². The number of carbonyl (C=O) groups excluding carboxylic acids is 1. The molecule has 1 amide bonds. The quantitative estimate of drug-likeness (QED) is 0.934. The predicted octanol–water partition coefficient (Wildman–Crippen LogP) is 2.79. The van der Waals surface area contributed by atoms with Gasteiger partial charge < -0.3 is 15.0 Å². The first-order valence-electron chi connectivity index (χ1n) is 8.58. The average Bonchev–Trinajstić information content (AvgIpc) is 2.94. The summed E-state index contributed by atoms with van der Waals surface area (Å²) >= 11 is 0. The zero-order chi connectivity index (χ0) is 17.4. The van der Waals surface area contributed by atoms with Crippen LogP contribution in [-0.4, -0.2) is 37.5 Å². The van der Waals surface area contributed by atoms with Gasteiger partial charge in [0.05, 0.1) is 0 Å². The summed E-state index contributed by atoms with van der Waals surface area (Å²) < 4.78 is 19.4. The molecule has 1 N–H and O–H groups in total. The summed E-state index contributed by atoms with van der Waals surface area (Å²) in [5, 5.41) is 3.02. The van der Waals surface area contributed by atoms with E-state index in [1.54, 1.807) is 24.3 Å². The Bertz CT molecular complexity index is 808. The molecule has 0 aliphatic carbocycles. The maximum atomic E-state index is 13.7. The van der Waals surface area contributed by atoms with Crippen molar-refractivity contribution in [3.8, 4) is 5.75 Å². The van der Waals surface area contributed by atoms with E-state index in [1.165, 1.54) is 6.07 Å². The van der Waals surface area contributed by atoms with Crippen LogP contribution in [0.2, 0.25) is 0 Å². The van der Waals surface area contributed by atoms with Gasteiger partial charge in [0.1, 0.15) is 18.2 Å². The molecule has 2 aliphatic heterocycles. The molecule has 5 heteroatoms. The van der Waals surface area contributed by atoms with E-state index < -0.39 is 0 Å². The van der Waals surface area contributed by atoms with Crippen molar-refractivity contribution >= 4 is 5.91 Å². The van der Waals surface area contributed by atoms with Crippen LogP contribution in [0.15, 0.2) is 42.5 Å². The fraction of sp³-hybridized carbons (Fsp3) is 0.350. The Labute approximate surface area is 146 Å². The largest absolute Gasteiger partial charge is 0.489 e. The zero-order valence-electron chi connectivity index (χ0n) is 14.2. The van der Waals surface area contributed by atoms with E-state index in [9.17, 15) is 9.18 Å². The lowest BCUT2D eigenvalue weighted by molar-refractivity contribution is 0.0951. The van der Waals surface area contributed by atoms with Crippen LogP contribution in [0.25, 0.3) is 0 Å². The van der Waals surface area contributed by atoms with Gasteiger partial charge in [0.15, 0.2) is 0 Å². The van der Waals surface area contributed by atoms with E-state index in [4.69, 9.17) is 4.74 Å². The highest BCUT2D eigenvalue weighted by atomic mass is 19.1. The van der Waals surface area contributed by atoms with Gasteiger partial charge >= 0.3 is 0 Å². The number of rotatable bonds is 3. The van der Waals surface area contributed by atoms with Crippen LogP contribution in [0.5, 0.6) is 5.75 Å². The average molecular weight is 340 g/mol. The van der Waals surface area contributed by atoms with E-state index in [-0.39, 0.29) is 18.3 Å². The molecule has 25 heavy (non-hydrogen) atoms. The van der Waals surface area contributed by atoms with Gasteiger partial charge in [-0.1, -0.05) is 24.3 Å². The molecule has 0 radical (unpaired) electrons. The van der Waals surface area contributed by atoms with Crippen LogP contribution in [0.1, 0.15) is 27.4 Å². The summed E-state index contributed by atoms with van der Waals surface area (Å²) in [5.74, 6) is 1.05. The monoisotopic (exact) mass is 340 g/mol. The number of nitrogens with one attached hydrogen (secondary N) is 1. The van der Waals surface area contributed by atoms with Crippen molar-refractivity contribution in [1.29, 1.82) is 0 Å². The molecular weight excluding hydrogens is 319 g/mol. The maximum absolute atomic E-state index is 13.7. The number of nitrogens with zero attached hydrogens (tertiary/aromatic N) is 1. The van der Waals surface area contributed by atoms with Crippen LogP contribution < -0.4 is 10.1 Å². The number of hydrogen-bond donors (Lipinski definition) is 1. The van der Waals surface area contributed by atoms with Gasteiger partial charge in [-0.2, -0.15) is 0 Å². The first-order chi connectivity index (χ1) is 12.1. The highest BCUT2D eigenvalue weighted by Crippen LogP contribution is 2.36. The molecule has 1 saturated heterocycles. The van der Waals surface area contributed by atoms with Crippen molar-refractivity contribution in [2.75, 3.05) is 26.7 Å². The standard InChI is InChI=1S/C20H21FN2O2/c1-23-10-14-9-22-20(24)17-8-15(6-7-16(17)18(14)11-23)25-12-13-4-2-3-5-19(13)21/h2-8,14,18H,9-12H2,1H3,(H,22,24)/t14-,18?/m0/s1. The van der Waals surface area contributed by atoms with Crippen molar-refractivity contribution in [1.82, 2.24) is 10.2 Å². The molecule has 0 bridgehead atoms. The lowest BCUT2D eigenvalue weighted by atomic mass is 9.87. The number of carbonyl (C=O) groups is 1. The molecule has 2 aromatic rings. The fourth-order valence-electron chi connectivity index (χ4n) is 3.89. The SMILES string of the molecule is CN1CC2c3ccc(OCc4ccccc4F)cc3C(=O)NC[C@H]2C1. The molecule has 1 unspecified atom stereocenters. The summed E-state index contributed by atoms with van der Waals surface area (Å²) in [5.41, 5.74) is 2.26. The Balaban J connectivity index is 1.58. The van der Waals surface area contributed by atoms with E-state index >= 15 is 0 Å². The summed E-state index contributed by atoms with van der Waals surface area (Å²) in [4.78, 5) is 14.8. The summed E-state index contributed by atoms with van der Waals surface area (Å²) in [6, 6.07) is 12.2. The minimum Gasteiger partial charge on any atom is -0.489 e. The minimum atomic E-state index is -0.285. The number of benzene rings is 2. The molecule has 0 spiro atoms. The molecule has 4 rings (SSSR count). The van der Waals surface area contributed by atoms with Crippen LogP contribution in [0.4, 0.5) is 4.39 Å². The number of likely N-dealkylation sites (tertiary alicyclic amines) is 1. The first kappa shape index (κ1) is 16.1.